The number of hydrogen-bond donors (Lipinski definition) is 1. The third-order valence-corrected chi connectivity index (χ3v) is 6.31. The summed E-state index contributed by atoms with van der Waals surface area (Å²) in [4.78, 5) is 11.4. The molecule has 1 aromatic carbocycles. The smallest absolute Gasteiger partial charge is 0.322 e. The minimum absolute atomic E-state index is 0.130. The van der Waals surface area contributed by atoms with Gasteiger partial charge in [0.1, 0.15) is 6.04 Å². The number of carboxylic acids is 1. The maximum Gasteiger partial charge on any atom is 0.322 e. The van der Waals surface area contributed by atoms with Gasteiger partial charge in [0.15, 0.2) is 0 Å². The monoisotopic (exact) mass is 361 g/mol. The molecule has 0 saturated carbocycles. The van der Waals surface area contributed by atoms with Crippen LogP contribution in [0.3, 0.4) is 0 Å². The maximum atomic E-state index is 12.7. The molecule has 1 unspecified atom stereocenters. The SMILES string of the molecule is Cc1ccc(Br)c(S(=O)(=O)N2CCCCC2C(=O)O)c1. The number of hydrogen-bond acceptors (Lipinski definition) is 3. The quantitative estimate of drug-likeness (QED) is 0.896. The molecule has 0 aliphatic carbocycles. The standard InChI is InChI=1S/C13H16BrNO4S/c1-9-5-6-10(14)12(8-9)20(18,19)15-7-3-2-4-11(15)13(16)17/h5-6,8,11H,2-4,7H2,1H3,(H,16,17). The molecule has 0 aromatic heterocycles. The number of carbonyl (C=O) groups is 1. The van der Waals surface area contributed by atoms with Gasteiger partial charge in [-0.15, -0.1) is 0 Å². The Kier molecular flexibility index (Phi) is 4.51. The zero-order chi connectivity index (χ0) is 14.9. The largest absolute Gasteiger partial charge is 0.480 e. The first kappa shape index (κ1) is 15.5. The highest BCUT2D eigenvalue weighted by Crippen LogP contribution is 2.30. The van der Waals surface area contributed by atoms with Crippen molar-refractivity contribution in [2.75, 3.05) is 6.54 Å². The lowest BCUT2D eigenvalue weighted by atomic mass is 10.1. The summed E-state index contributed by atoms with van der Waals surface area (Å²) in [5.74, 6) is -1.09. The van der Waals surface area contributed by atoms with Crippen LogP contribution in [0.5, 0.6) is 0 Å². The van der Waals surface area contributed by atoms with Gasteiger partial charge in [0.25, 0.3) is 0 Å². The number of benzene rings is 1. The van der Waals surface area contributed by atoms with Crippen LogP contribution in [-0.4, -0.2) is 36.4 Å². The first-order chi connectivity index (χ1) is 9.34. The van der Waals surface area contributed by atoms with Gasteiger partial charge in [-0.1, -0.05) is 6.07 Å². The molecule has 1 aliphatic rings. The van der Waals surface area contributed by atoms with Crippen LogP contribution in [0, 0.1) is 6.92 Å². The summed E-state index contributed by atoms with van der Waals surface area (Å²) >= 11 is 3.24. The van der Waals surface area contributed by atoms with Crippen molar-refractivity contribution < 1.29 is 18.3 Å². The van der Waals surface area contributed by atoms with E-state index < -0.39 is 22.0 Å². The van der Waals surface area contributed by atoms with Gasteiger partial charge < -0.3 is 5.11 Å². The Balaban J connectivity index is 2.47. The molecule has 1 fully saturated rings. The van der Waals surface area contributed by atoms with Crippen LogP contribution >= 0.6 is 15.9 Å². The van der Waals surface area contributed by atoms with Gasteiger partial charge in [0.05, 0.1) is 4.90 Å². The number of piperidine rings is 1. The van der Waals surface area contributed by atoms with E-state index in [1.807, 2.05) is 0 Å². The topological polar surface area (TPSA) is 74.7 Å². The Morgan fingerprint density at radius 3 is 2.75 bits per heavy atom. The molecular formula is C13H16BrNO4S. The highest BCUT2D eigenvalue weighted by atomic mass is 79.9. The fraction of sp³-hybridized carbons (Fsp3) is 0.462. The minimum Gasteiger partial charge on any atom is -0.480 e. The van der Waals surface area contributed by atoms with E-state index in [-0.39, 0.29) is 11.4 Å². The summed E-state index contributed by atoms with van der Waals surface area (Å²) in [6, 6.07) is 4.06. The molecule has 1 heterocycles. The molecule has 0 radical (unpaired) electrons. The molecule has 1 aromatic rings. The van der Waals surface area contributed by atoms with Crippen LogP contribution in [0.25, 0.3) is 0 Å². The van der Waals surface area contributed by atoms with E-state index in [1.54, 1.807) is 25.1 Å². The first-order valence-electron chi connectivity index (χ1n) is 6.35. The number of sulfonamides is 1. The number of aliphatic carboxylic acids is 1. The van der Waals surface area contributed by atoms with Crippen molar-refractivity contribution in [1.29, 1.82) is 0 Å². The molecule has 0 amide bonds. The summed E-state index contributed by atoms with van der Waals surface area (Å²) in [6.45, 7) is 2.05. The van der Waals surface area contributed by atoms with E-state index in [9.17, 15) is 18.3 Å². The molecule has 0 spiro atoms. The fourth-order valence-electron chi connectivity index (χ4n) is 2.37. The van der Waals surface area contributed by atoms with Gasteiger partial charge in [0, 0.05) is 11.0 Å². The lowest BCUT2D eigenvalue weighted by Gasteiger charge is -2.32. The Hall–Kier alpha value is -0.920. The number of aryl methyl sites for hydroxylation is 1. The van der Waals surface area contributed by atoms with E-state index in [0.717, 1.165) is 16.3 Å². The third kappa shape index (κ3) is 2.89. The molecule has 2 rings (SSSR count). The summed E-state index contributed by atoms with van der Waals surface area (Å²) < 4.78 is 27.0. The molecular weight excluding hydrogens is 346 g/mol. The summed E-state index contributed by atoms with van der Waals surface area (Å²) in [6.07, 6.45) is 1.78. The molecule has 110 valence electrons. The van der Waals surface area contributed by atoms with Crippen molar-refractivity contribution in [2.24, 2.45) is 0 Å². The van der Waals surface area contributed by atoms with Crippen molar-refractivity contribution in [3.05, 3.63) is 28.2 Å². The Morgan fingerprint density at radius 1 is 1.40 bits per heavy atom. The van der Waals surface area contributed by atoms with Crippen LogP contribution < -0.4 is 0 Å². The molecule has 0 bridgehead atoms. The molecule has 1 saturated heterocycles. The van der Waals surface area contributed by atoms with E-state index in [4.69, 9.17) is 0 Å². The second kappa shape index (κ2) is 5.83. The Morgan fingerprint density at radius 2 is 2.10 bits per heavy atom. The molecule has 1 aliphatic heterocycles. The second-order valence-corrected chi connectivity index (χ2v) is 7.61. The van der Waals surface area contributed by atoms with Crippen LogP contribution in [0.1, 0.15) is 24.8 Å². The zero-order valence-electron chi connectivity index (χ0n) is 11.0. The summed E-state index contributed by atoms with van der Waals surface area (Å²) in [5, 5.41) is 9.22. The maximum absolute atomic E-state index is 12.7. The van der Waals surface area contributed by atoms with E-state index in [2.05, 4.69) is 15.9 Å². The van der Waals surface area contributed by atoms with Crippen LogP contribution in [0.4, 0.5) is 0 Å². The van der Waals surface area contributed by atoms with Gasteiger partial charge in [-0.05, 0) is 59.8 Å². The predicted octanol–water partition coefficient (Wildman–Crippen LogP) is 2.39. The number of carboxylic acid groups (broad SMARTS) is 1. The fourth-order valence-corrected chi connectivity index (χ4v) is 5.04. The summed E-state index contributed by atoms with van der Waals surface area (Å²) in [7, 11) is -3.80. The Labute approximate surface area is 126 Å². The van der Waals surface area contributed by atoms with E-state index >= 15 is 0 Å². The second-order valence-electron chi connectivity index (χ2n) is 4.90. The van der Waals surface area contributed by atoms with E-state index in [0.29, 0.717) is 17.3 Å². The van der Waals surface area contributed by atoms with Crippen LogP contribution in [0.15, 0.2) is 27.6 Å². The number of rotatable bonds is 3. The molecule has 1 atom stereocenters. The first-order valence-corrected chi connectivity index (χ1v) is 8.58. The van der Waals surface area contributed by atoms with Crippen molar-refractivity contribution in [1.82, 2.24) is 4.31 Å². The lowest BCUT2D eigenvalue weighted by Crippen LogP contribution is -2.47. The van der Waals surface area contributed by atoms with Crippen molar-refractivity contribution in [3.8, 4) is 0 Å². The molecule has 1 N–H and O–H groups in total. The van der Waals surface area contributed by atoms with Crippen molar-refractivity contribution >= 4 is 31.9 Å². The van der Waals surface area contributed by atoms with Gasteiger partial charge in [-0.25, -0.2) is 8.42 Å². The molecule has 20 heavy (non-hydrogen) atoms. The van der Waals surface area contributed by atoms with Gasteiger partial charge in [0.2, 0.25) is 10.0 Å². The average molecular weight is 362 g/mol. The predicted molar refractivity (Wildman–Crippen MR) is 78.0 cm³/mol. The van der Waals surface area contributed by atoms with Crippen molar-refractivity contribution in [2.45, 2.75) is 37.1 Å². The van der Waals surface area contributed by atoms with E-state index in [1.165, 1.54) is 0 Å². The van der Waals surface area contributed by atoms with Crippen LogP contribution in [0.2, 0.25) is 0 Å². The number of nitrogens with zero attached hydrogens (tertiary/aromatic N) is 1. The third-order valence-electron chi connectivity index (χ3n) is 3.41. The minimum atomic E-state index is -3.80. The van der Waals surface area contributed by atoms with Gasteiger partial charge in [-0.2, -0.15) is 4.31 Å². The summed E-state index contributed by atoms with van der Waals surface area (Å²) in [5.41, 5.74) is 0.815. The van der Waals surface area contributed by atoms with Gasteiger partial charge >= 0.3 is 5.97 Å². The van der Waals surface area contributed by atoms with Crippen molar-refractivity contribution in [3.63, 3.8) is 0 Å². The zero-order valence-corrected chi connectivity index (χ0v) is 13.4. The lowest BCUT2D eigenvalue weighted by molar-refractivity contribution is -0.142. The highest BCUT2D eigenvalue weighted by Gasteiger charge is 2.38. The molecule has 5 nitrogen and oxygen atoms in total. The number of halogens is 1. The highest BCUT2D eigenvalue weighted by molar-refractivity contribution is 9.10. The van der Waals surface area contributed by atoms with Gasteiger partial charge in [-0.3, -0.25) is 4.79 Å². The van der Waals surface area contributed by atoms with Crippen LogP contribution in [-0.2, 0) is 14.8 Å². The average Bonchev–Trinajstić information content (AvgIpc) is 2.41. The Bertz CT molecular complexity index is 629. The normalized spacial score (nSPS) is 20.8. The molecule has 7 heteroatoms.